The SMILES string of the molecule is Cc1nc2c(s1)C(C)N(C)c1c(N)cc(F)cc1-2. The second-order valence-corrected chi connectivity index (χ2v) is 5.86. The van der Waals surface area contributed by atoms with Crippen LogP contribution >= 0.6 is 11.3 Å². The van der Waals surface area contributed by atoms with Crippen molar-refractivity contribution in [2.24, 2.45) is 0 Å². The van der Waals surface area contributed by atoms with Crippen LogP contribution < -0.4 is 10.6 Å². The number of hydrogen-bond acceptors (Lipinski definition) is 4. The number of nitrogen functional groups attached to an aromatic ring is 1. The number of nitrogens with zero attached hydrogens (tertiary/aromatic N) is 2. The molecule has 1 aliphatic heterocycles. The standard InChI is InChI=1S/C13H14FN3S/c1-6-13-11(16-7(2)18-13)9-4-8(14)5-10(15)12(9)17(6)3/h4-6H,15H2,1-3H3. The summed E-state index contributed by atoms with van der Waals surface area (Å²) in [5, 5.41) is 0.996. The molecule has 5 heteroatoms. The Bertz CT molecular complexity index is 635. The summed E-state index contributed by atoms with van der Waals surface area (Å²) < 4.78 is 13.6. The zero-order valence-corrected chi connectivity index (χ0v) is 11.3. The Balaban J connectivity index is 2.36. The molecule has 2 aromatic rings. The molecule has 1 aliphatic rings. The lowest BCUT2D eigenvalue weighted by atomic mass is 9.98. The Morgan fingerprint density at radius 3 is 2.89 bits per heavy atom. The van der Waals surface area contributed by atoms with Gasteiger partial charge < -0.3 is 10.6 Å². The topological polar surface area (TPSA) is 42.2 Å². The van der Waals surface area contributed by atoms with Crippen LogP contribution in [0.2, 0.25) is 0 Å². The van der Waals surface area contributed by atoms with Crippen LogP contribution in [0.1, 0.15) is 22.9 Å². The minimum atomic E-state index is -0.314. The minimum Gasteiger partial charge on any atom is -0.397 e. The summed E-state index contributed by atoms with van der Waals surface area (Å²) >= 11 is 1.66. The Hall–Kier alpha value is -1.62. The van der Waals surface area contributed by atoms with Gasteiger partial charge in [0.15, 0.2) is 0 Å². The molecule has 0 spiro atoms. The summed E-state index contributed by atoms with van der Waals surface area (Å²) in [6.07, 6.45) is 0. The highest BCUT2D eigenvalue weighted by atomic mass is 32.1. The Morgan fingerprint density at radius 2 is 2.17 bits per heavy atom. The molecule has 1 atom stereocenters. The fraction of sp³-hybridized carbons (Fsp3) is 0.308. The van der Waals surface area contributed by atoms with Gasteiger partial charge in [-0.05, 0) is 26.0 Å². The lowest BCUT2D eigenvalue weighted by molar-refractivity contribution is 0.627. The molecule has 0 saturated carbocycles. The Labute approximate surface area is 109 Å². The molecule has 0 bridgehead atoms. The summed E-state index contributed by atoms with van der Waals surface area (Å²) in [7, 11) is 1.98. The van der Waals surface area contributed by atoms with Gasteiger partial charge in [-0.15, -0.1) is 11.3 Å². The number of hydrogen-bond donors (Lipinski definition) is 1. The molecule has 1 unspecified atom stereocenters. The molecule has 0 radical (unpaired) electrons. The average molecular weight is 263 g/mol. The van der Waals surface area contributed by atoms with Crippen molar-refractivity contribution in [1.82, 2.24) is 4.98 Å². The van der Waals surface area contributed by atoms with E-state index in [9.17, 15) is 4.39 Å². The van der Waals surface area contributed by atoms with E-state index in [1.807, 2.05) is 14.0 Å². The smallest absolute Gasteiger partial charge is 0.126 e. The van der Waals surface area contributed by atoms with Crippen molar-refractivity contribution in [3.8, 4) is 11.3 Å². The molecular weight excluding hydrogens is 249 g/mol. The summed E-state index contributed by atoms with van der Waals surface area (Å²) in [4.78, 5) is 7.79. The van der Waals surface area contributed by atoms with Gasteiger partial charge in [-0.1, -0.05) is 0 Å². The van der Waals surface area contributed by atoms with Crippen LogP contribution in [0.5, 0.6) is 0 Å². The molecule has 2 N–H and O–H groups in total. The minimum absolute atomic E-state index is 0.214. The normalized spacial score (nSPS) is 17.6. The molecular formula is C13H14FN3S. The van der Waals surface area contributed by atoms with Crippen molar-refractivity contribution in [2.45, 2.75) is 19.9 Å². The van der Waals surface area contributed by atoms with Crippen molar-refractivity contribution in [3.63, 3.8) is 0 Å². The number of nitrogens with two attached hydrogens (primary N) is 1. The van der Waals surface area contributed by atoms with E-state index in [0.717, 1.165) is 22.0 Å². The summed E-state index contributed by atoms with van der Waals surface area (Å²) in [6, 6.07) is 3.10. The lowest BCUT2D eigenvalue weighted by Crippen LogP contribution is -2.26. The maximum absolute atomic E-state index is 13.6. The van der Waals surface area contributed by atoms with E-state index in [-0.39, 0.29) is 11.9 Å². The largest absolute Gasteiger partial charge is 0.397 e. The molecule has 0 amide bonds. The number of thiazole rings is 1. The quantitative estimate of drug-likeness (QED) is 0.741. The van der Waals surface area contributed by atoms with Gasteiger partial charge in [0.1, 0.15) is 5.82 Å². The predicted molar refractivity (Wildman–Crippen MR) is 73.5 cm³/mol. The third kappa shape index (κ3) is 1.43. The molecule has 1 aromatic heterocycles. The second-order valence-electron chi connectivity index (χ2n) is 4.62. The van der Waals surface area contributed by atoms with Crippen molar-refractivity contribution in [1.29, 1.82) is 0 Å². The Morgan fingerprint density at radius 1 is 1.44 bits per heavy atom. The van der Waals surface area contributed by atoms with Crippen LogP contribution in [-0.2, 0) is 0 Å². The number of fused-ring (bicyclic) bond motifs is 3. The second kappa shape index (κ2) is 3.68. The zero-order chi connectivity index (χ0) is 13.0. The van der Waals surface area contributed by atoms with E-state index in [4.69, 9.17) is 5.73 Å². The summed E-state index contributed by atoms with van der Waals surface area (Å²) in [5.41, 5.74) is 8.98. The molecule has 18 heavy (non-hydrogen) atoms. The highest BCUT2D eigenvalue weighted by Crippen LogP contribution is 2.48. The van der Waals surface area contributed by atoms with Crippen molar-refractivity contribution < 1.29 is 4.39 Å². The molecule has 3 nitrogen and oxygen atoms in total. The summed E-state index contributed by atoms with van der Waals surface area (Å²) in [5.74, 6) is -0.314. The number of halogens is 1. The average Bonchev–Trinajstić information content (AvgIpc) is 2.67. The van der Waals surface area contributed by atoms with Gasteiger partial charge in [0.2, 0.25) is 0 Å². The zero-order valence-electron chi connectivity index (χ0n) is 10.5. The van der Waals surface area contributed by atoms with E-state index >= 15 is 0 Å². The number of rotatable bonds is 0. The van der Waals surface area contributed by atoms with Crippen LogP contribution in [0.25, 0.3) is 11.3 Å². The molecule has 1 aromatic carbocycles. The molecule has 94 valence electrons. The van der Waals surface area contributed by atoms with Crippen LogP contribution in [0.4, 0.5) is 15.8 Å². The summed E-state index contributed by atoms with van der Waals surface area (Å²) in [6.45, 7) is 4.08. The van der Waals surface area contributed by atoms with Gasteiger partial charge in [0.25, 0.3) is 0 Å². The molecule has 0 aliphatic carbocycles. The van der Waals surface area contributed by atoms with Crippen molar-refractivity contribution in [2.75, 3.05) is 17.7 Å². The third-order valence-electron chi connectivity index (χ3n) is 3.43. The molecule has 0 fully saturated rings. The fourth-order valence-corrected chi connectivity index (χ4v) is 3.52. The number of aryl methyl sites for hydroxylation is 1. The molecule has 2 heterocycles. The van der Waals surface area contributed by atoms with E-state index in [1.165, 1.54) is 17.0 Å². The van der Waals surface area contributed by atoms with Gasteiger partial charge in [0, 0.05) is 12.6 Å². The first-order chi connectivity index (χ1) is 8.49. The number of benzene rings is 1. The first-order valence-electron chi connectivity index (χ1n) is 5.78. The van der Waals surface area contributed by atoms with E-state index < -0.39 is 0 Å². The van der Waals surface area contributed by atoms with Crippen LogP contribution in [0.15, 0.2) is 12.1 Å². The van der Waals surface area contributed by atoms with E-state index in [0.29, 0.717) is 5.69 Å². The van der Waals surface area contributed by atoms with Gasteiger partial charge in [-0.3, -0.25) is 0 Å². The lowest BCUT2D eigenvalue weighted by Gasteiger charge is -2.33. The Kier molecular flexibility index (Phi) is 2.35. The first-order valence-corrected chi connectivity index (χ1v) is 6.60. The highest BCUT2D eigenvalue weighted by molar-refractivity contribution is 7.12. The fourth-order valence-electron chi connectivity index (χ4n) is 2.48. The first kappa shape index (κ1) is 11.5. The van der Waals surface area contributed by atoms with Crippen LogP contribution in [-0.4, -0.2) is 12.0 Å². The van der Waals surface area contributed by atoms with Crippen LogP contribution in [0.3, 0.4) is 0 Å². The highest BCUT2D eigenvalue weighted by Gasteiger charge is 2.30. The maximum atomic E-state index is 13.6. The third-order valence-corrected chi connectivity index (χ3v) is 4.57. The number of aromatic nitrogens is 1. The van der Waals surface area contributed by atoms with Crippen molar-refractivity contribution >= 4 is 22.7 Å². The van der Waals surface area contributed by atoms with Gasteiger partial charge in [-0.25, -0.2) is 9.37 Å². The van der Waals surface area contributed by atoms with Gasteiger partial charge in [0.05, 0.1) is 33.0 Å². The van der Waals surface area contributed by atoms with Gasteiger partial charge >= 0.3 is 0 Å². The van der Waals surface area contributed by atoms with Gasteiger partial charge in [-0.2, -0.15) is 0 Å². The molecule has 0 saturated heterocycles. The van der Waals surface area contributed by atoms with Crippen LogP contribution in [0, 0.1) is 12.7 Å². The maximum Gasteiger partial charge on any atom is 0.126 e. The predicted octanol–water partition coefficient (Wildman–Crippen LogP) is 3.35. The molecule has 3 rings (SSSR count). The van der Waals surface area contributed by atoms with E-state index in [2.05, 4.69) is 16.8 Å². The monoisotopic (exact) mass is 263 g/mol. The number of anilines is 2. The van der Waals surface area contributed by atoms with Crippen molar-refractivity contribution in [3.05, 3.63) is 27.8 Å². The van der Waals surface area contributed by atoms with E-state index in [1.54, 1.807) is 11.3 Å².